The molecule has 0 fully saturated rings. The summed E-state index contributed by atoms with van der Waals surface area (Å²) in [6.07, 6.45) is 6.20. The molecule has 0 saturated heterocycles. The van der Waals surface area contributed by atoms with Crippen LogP contribution in [-0.2, 0) is 6.42 Å². The van der Waals surface area contributed by atoms with Crippen LogP contribution in [0.2, 0.25) is 0 Å². The highest BCUT2D eigenvalue weighted by Gasteiger charge is 2.21. The SMILES string of the molecule is NC(=[NH2+])c1c(-c2ccc(Oc3ccccc3)cc2)cnc(-c2ccc3c(c2)CC=CO3)c1N. The number of allylic oxidation sites excluding steroid dienone is 1. The zero-order chi connectivity index (χ0) is 22.8. The predicted octanol–water partition coefficient (Wildman–Crippen LogP) is 3.70. The minimum atomic E-state index is 0.139. The van der Waals surface area contributed by atoms with E-state index in [4.69, 9.17) is 26.4 Å². The minimum absolute atomic E-state index is 0.139. The van der Waals surface area contributed by atoms with Gasteiger partial charge in [-0.05, 0) is 66.1 Å². The number of amidine groups is 1. The van der Waals surface area contributed by atoms with Crippen molar-refractivity contribution < 1.29 is 14.9 Å². The molecule has 0 saturated carbocycles. The Hall–Kier alpha value is -4.58. The van der Waals surface area contributed by atoms with Crippen LogP contribution in [0.15, 0.2) is 91.3 Å². The van der Waals surface area contributed by atoms with Gasteiger partial charge >= 0.3 is 0 Å². The highest BCUT2D eigenvalue weighted by molar-refractivity contribution is 6.06. The summed E-state index contributed by atoms with van der Waals surface area (Å²) < 4.78 is 11.4. The van der Waals surface area contributed by atoms with Gasteiger partial charge in [0.25, 0.3) is 5.84 Å². The fourth-order valence-electron chi connectivity index (χ4n) is 3.91. The molecule has 0 atom stereocenters. The molecule has 162 valence electrons. The Bertz CT molecular complexity index is 1360. The van der Waals surface area contributed by atoms with Gasteiger partial charge in [0.05, 0.1) is 23.2 Å². The molecule has 2 heterocycles. The van der Waals surface area contributed by atoms with Gasteiger partial charge in [-0.15, -0.1) is 0 Å². The van der Waals surface area contributed by atoms with Crippen molar-refractivity contribution in [3.63, 3.8) is 0 Å². The highest BCUT2D eigenvalue weighted by Crippen LogP contribution is 2.36. The van der Waals surface area contributed by atoms with E-state index in [0.29, 0.717) is 16.9 Å². The third-order valence-electron chi connectivity index (χ3n) is 5.51. The summed E-state index contributed by atoms with van der Waals surface area (Å²) in [6.45, 7) is 0. The maximum absolute atomic E-state index is 6.55. The average Bonchev–Trinajstić information content (AvgIpc) is 2.84. The Morgan fingerprint density at radius 2 is 1.67 bits per heavy atom. The second-order valence-electron chi connectivity index (χ2n) is 7.72. The second kappa shape index (κ2) is 8.51. The fraction of sp³-hybridized carbons (Fsp3) is 0.0370. The van der Waals surface area contributed by atoms with E-state index in [1.165, 1.54) is 0 Å². The van der Waals surface area contributed by atoms with Gasteiger partial charge in [-0.1, -0.05) is 30.3 Å². The van der Waals surface area contributed by atoms with Gasteiger partial charge in [0.2, 0.25) is 0 Å². The van der Waals surface area contributed by atoms with Gasteiger partial charge in [-0.3, -0.25) is 16.1 Å². The lowest BCUT2D eigenvalue weighted by atomic mass is 9.95. The van der Waals surface area contributed by atoms with Crippen molar-refractivity contribution in [2.24, 2.45) is 5.73 Å². The van der Waals surface area contributed by atoms with Gasteiger partial charge < -0.3 is 15.2 Å². The normalized spacial score (nSPS) is 12.0. The first-order valence-electron chi connectivity index (χ1n) is 10.5. The van der Waals surface area contributed by atoms with Crippen LogP contribution in [0.3, 0.4) is 0 Å². The van der Waals surface area contributed by atoms with Crippen molar-refractivity contribution in [3.05, 3.63) is 102 Å². The molecular weight excluding hydrogens is 412 g/mol. The molecule has 1 aliphatic rings. The molecule has 0 bridgehead atoms. The Morgan fingerprint density at radius 3 is 2.42 bits per heavy atom. The standard InChI is InChI=1S/C27H22N4O2/c28-25-24(27(29)30)22(17-8-11-21(12-9-17)33-20-6-2-1-3-7-20)16-31-26(25)19-10-13-23-18(15-19)5-4-14-32-23/h1-4,6-16H,5,28H2,(H3,29,30)/p+1. The highest BCUT2D eigenvalue weighted by atomic mass is 16.5. The molecule has 0 amide bonds. The van der Waals surface area contributed by atoms with Crippen LogP contribution >= 0.6 is 0 Å². The van der Waals surface area contributed by atoms with E-state index < -0.39 is 0 Å². The van der Waals surface area contributed by atoms with Crippen LogP contribution in [0.25, 0.3) is 22.4 Å². The van der Waals surface area contributed by atoms with Crippen molar-refractivity contribution in [2.75, 3.05) is 5.73 Å². The lowest BCUT2D eigenvalue weighted by Gasteiger charge is -2.16. The second-order valence-corrected chi connectivity index (χ2v) is 7.72. The number of aromatic nitrogens is 1. The fourth-order valence-corrected chi connectivity index (χ4v) is 3.91. The van der Waals surface area contributed by atoms with Crippen molar-refractivity contribution in [1.82, 2.24) is 4.98 Å². The molecule has 3 aromatic carbocycles. The van der Waals surface area contributed by atoms with E-state index in [1.54, 1.807) is 12.5 Å². The van der Waals surface area contributed by atoms with E-state index in [-0.39, 0.29) is 5.84 Å². The summed E-state index contributed by atoms with van der Waals surface area (Å²) in [7, 11) is 0. The van der Waals surface area contributed by atoms with E-state index in [0.717, 1.165) is 45.9 Å². The molecule has 5 rings (SSSR count). The molecule has 0 aliphatic carbocycles. The largest absolute Gasteiger partial charge is 0.465 e. The van der Waals surface area contributed by atoms with Crippen LogP contribution in [0.5, 0.6) is 17.2 Å². The monoisotopic (exact) mass is 435 g/mol. The number of nitrogen functional groups attached to an aromatic ring is 1. The smallest absolute Gasteiger partial charge is 0.273 e. The number of hydrogen-bond acceptors (Lipinski definition) is 4. The first kappa shape index (κ1) is 20.3. The lowest BCUT2D eigenvalue weighted by Crippen LogP contribution is -2.46. The topological polar surface area (TPSA) is 109 Å². The Morgan fingerprint density at radius 1 is 0.939 bits per heavy atom. The number of nitrogens with two attached hydrogens (primary N) is 3. The third-order valence-corrected chi connectivity index (χ3v) is 5.51. The number of nitrogens with zero attached hydrogens (tertiary/aromatic N) is 1. The molecule has 6 heteroatoms. The number of rotatable bonds is 5. The molecule has 0 spiro atoms. The summed E-state index contributed by atoms with van der Waals surface area (Å²) in [6, 6.07) is 23.1. The minimum Gasteiger partial charge on any atom is -0.465 e. The van der Waals surface area contributed by atoms with Gasteiger partial charge in [-0.25, -0.2) is 0 Å². The van der Waals surface area contributed by atoms with Gasteiger partial charge in [0.15, 0.2) is 0 Å². The average molecular weight is 436 g/mol. The molecule has 0 unspecified atom stereocenters. The molecule has 1 aromatic heterocycles. The summed E-state index contributed by atoms with van der Waals surface area (Å²) in [4.78, 5) is 4.67. The summed E-state index contributed by atoms with van der Waals surface area (Å²) in [5.74, 6) is 2.46. The van der Waals surface area contributed by atoms with E-state index in [2.05, 4.69) is 4.98 Å². The summed E-state index contributed by atoms with van der Waals surface area (Å²) in [5.41, 5.74) is 17.9. The number of fused-ring (bicyclic) bond motifs is 1. The number of anilines is 1. The first-order valence-corrected chi connectivity index (χ1v) is 10.5. The number of para-hydroxylation sites is 1. The zero-order valence-corrected chi connectivity index (χ0v) is 17.9. The molecule has 6 N–H and O–H groups in total. The third kappa shape index (κ3) is 4.02. The summed E-state index contributed by atoms with van der Waals surface area (Å²) in [5, 5.41) is 6.08. The van der Waals surface area contributed by atoms with Crippen LogP contribution in [0.1, 0.15) is 11.1 Å². The van der Waals surface area contributed by atoms with Gasteiger partial charge in [0, 0.05) is 17.3 Å². The zero-order valence-electron chi connectivity index (χ0n) is 17.9. The number of hydrogen-bond donors (Lipinski definition) is 3. The van der Waals surface area contributed by atoms with Crippen molar-refractivity contribution >= 4 is 11.5 Å². The molecule has 4 aromatic rings. The van der Waals surface area contributed by atoms with Crippen molar-refractivity contribution in [3.8, 4) is 39.6 Å². The number of benzene rings is 3. The molecular formula is C27H23N4O2+. The Balaban J connectivity index is 1.50. The summed E-state index contributed by atoms with van der Waals surface area (Å²) >= 11 is 0. The van der Waals surface area contributed by atoms with Crippen LogP contribution < -0.4 is 26.4 Å². The quantitative estimate of drug-likeness (QED) is 0.327. The van der Waals surface area contributed by atoms with Crippen molar-refractivity contribution in [2.45, 2.75) is 6.42 Å². The molecule has 33 heavy (non-hydrogen) atoms. The Kier molecular flexibility index (Phi) is 5.24. The van der Waals surface area contributed by atoms with Crippen LogP contribution in [-0.4, -0.2) is 10.8 Å². The number of pyridine rings is 1. The van der Waals surface area contributed by atoms with Gasteiger partial charge in [0.1, 0.15) is 17.2 Å². The maximum atomic E-state index is 6.55. The first-order chi connectivity index (χ1) is 16.1. The van der Waals surface area contributed by atoms with Crippen LogP contribution in [0, 0.1) is 0 Å². The van der Waals surface area contributed by atoms with E-state index in [1.807, 2.05) is 78.9 Å². The number of ether oxygens (including phenoxy) is 2. The molecule has 6 nitrogen and oxygen atoms in total. The maximum Gasteiger partial charge on any atom is 0.273 e. The van der Waals surface area contributed by atoms with Gasteiger partial charge in [-0.2, -0.15) is 0 Å². The van der Waals surface area contributed by atoms with E-state index >= 15 is 0 Å². The molecule has 1 aliphatic heterocycles. The van der Waals surface area contributed by atoms with E-state index in [9.17, 15) is 0 Å². The predicted molar refractivity (Wildman–Crippen MR) is 130 cm³/mol. The lowest BCUT2D eigenvalue weighted by molar-refractivity contribution is -0.114. The Labute approximate surface area is 191 Å². The van der Waals surface area contributed by atoms with Crippen molar-refractivity contribution in [1.29, 1.82) is 0 Å². The molecule has 0 radical (unpaired) electrons. The van der Waals surface area contributed by atoms with Crippen LogP contribution in [0.4, 0.5) is 5.69 Å².